The maximum absolute atomic E-state index is 9.60. The molecule has 0 aromatic rings. The maximum Gasteiger partial charge on any atom is 0.0897 e. The zero-order chi connectivity index (χ0) is 14.2. The van der Waals surface area contributed by atoms with Gasteiger partial charge in [-0.3, -0.25) is 0 Å². The number of hydrogen-bond acceptors (Lipinski definition) is 6. The van der Waals surface area contributed by atoms with E-state index in [1.54, 1.807) is 7.11 Å². The van der Waals surface area contributed by atoms with Crippen LogP contribution in [0.1, 0.15) is 13.3 Å². The van der Waals surface area contributed by atoms with Gasteiger partial charge in [0.1, 0.15) is 0 Å². The fourth-order valence-electron chi connectivity index (χ4n) is 1.35. The normalized spacial score (nSPS) is 12.8. The number of aliphatic hydroxyl groups excluding tert-OH is 1. The molecule has 0 rings (SSSR count). The van der Waals surface area contributed by atoms with E-state index >= 15 is 0 Å². The SMILES string of the molecule is CCOCCOCC(O)CNCCCOCCOC. The Morgan fingerprint density at radius 1 is 1.00 bits per heavy atom. The molecule has 0 aromatic carbocycles. The summed E-state index contributed by atoms with van der Waals surface area (Å²) in [5.74, 6) is 0. The number of methoxy groups -OCH3 is 1. The molecular formula is C13H29NO5. The molecule has 0 heterocycles. The largest absolute Gasteiger partial charge is 0.389 e. The minimum atomic E-state index is -0.476. The molecule has 0 aliphatic rings. The quantitative estimate of drug-likeness (QED) is 0.413. The van der Waals surface area contributed by atoms with Crippen LogP contribution in [0.25, 0.3) is 0 Å². The lowest BCUT2D eigenvalue weighted by molar-refractivity contribution is 0.00632. The van der Waals surface area contributed by atoms with Crippen molar-refractivity contribution in [1.29, 1.82) is 0 Å². The molecule has 0 saturated heterocycles. The van der Waals surface area contributed by atoms with E-state index in [1.165, 1.54) is 0 Å². The summed E-state index contributed by atoms with van der Waals surface area (Å²) < 4.78 is 20.6. The molecule has 6 nitrogen and oxygen atoms in total. The van der Waals surface area contributed by atoms with E-state index in [1.807, 2.05) is 6.92 Å². The Hall–Kier alpha value is -0.240. The highest BCUT2D eigenvalue weighted by Gasteiger charge is 2.03. The van der Waals surface area contributed by atoms with Crippen molar-refractivity contribution in [2.24, 2.45) is 0 Å². The van der Waals surface area contributed by atoms with Gasteiger partial charge in [-0.2, -0.15) is 0 Å². The Kier molecular flexibility index (Phi) is 15.6. The van der Waals surface area contributed by atoms with Gasteiger partial charge in [0.25, 0.3) is 0 Å². The topological polar surface area (TPSA) is 69.2 Å². The zero-order valence-electron chi connectivity index (χ0n) is 12.2. The molecule has 2 N–H and O–H groups in total. The number of nitrogens with one attached hydrogen (secondary N) is 1. The lowest BCUT2D eigenvalue weighted by Gasteiger charge is -2.12. The third-order valence-corrected chi connectivity index (χ3v) is 2.34. The van der Waals surface area contributed by atoms with Crippen molar-refractivity contribution in [2.45, 2.75) is 19.4 Å². The van der Waals surface area contributed by atoms with Gasteiger partial charge < -0.3 is 29.4 Å². The second kappa shape index (κ2) is 15.8. The molecule has 0 spiro atoms. The first-order valence-electron chi connectivity index (χ1n) is 6.92. The predicted octanol–water partition coefficient (Wildman–Crippen LogP) is 0.0431. The molecule has 116 valence electrons. The number of ether oxygens (including phenoxy) is 4. The summed E-state index contributed by atoms with van der Waals surface area (Å²) >= 11 is 0. The first kappa shape index (κ1) is 18.8. The van der Waals surface area contributed by atoms with Crippen molar-refractivity contribution in [3.63, 3.8) is 0 Å². The van der Waals surface area contributed by atoms with Crippen molar-refractivity contribution >= 4 is 0 Å². The highest BCUT2D eigenvalue weighted by Crippen LogP contribution is 1.86. The first-order chi connectivity index (χ1) is 9.31. The summed E-state index contributed by atoms with van der Waals surface area (Å²) in [5.41, 5.74) is 0. The summed E-state index contributed by atoms with van der Waals surface area (Å²) in [7, 11) is 1.66. The molecule has 0 amide bonds. The van der Waals surface area contributed by atoms with E-state index in [0.29, 0.717) is 52.8 Å². The zero-order valence-corrected chi connectivity index (χ0v) is 12.2. The highest BCUT2D eigenvalue weighted by atomic mass is 16.5. The molecule has 19 heavy (non-hydrogen) atoms. The summed E-state index contributed by atoms with van der Waals surface area (Å²) in [4.78, 5) is 0. The molecule has 1 atom stereocenters. The van der Waals surface area contributed by atoms with Gasteiger partial charge in [-0.25, -0.2) is 0 Å². The van der Waals surface area contributed by atoms with Crippen LogP contribution in [0.15, 0.2) is 0 Å². The average Bonchev–Trinajstić information content (AvgIpc) is 2.41. The molecule has 1 unspecified atom stereocenters. The van der Waals surface area contributed by atoms with Crippen molar-refractivity contribution in [1.82, 2.24) is 5.32 Å². The van der Waals surface area contributed by atoms with E-state index < -0.39 is 6.10 Å². The standard InChI is InChI=1S/C13H29NO5/c1-3-17-9-10-19-12-13(15)11-14-5-4-6-18-8-7-16-2/h13-15H,3-12H2,1-2H3. The number of rotatable bonds is 15. The molecular weight excluding hydrogens is 250 g/mol. The van der Waals surface area contributed by atoms with Gasteiger partial charge in [-0.05, 0) is 19.9 Å². The average molecular weight is 279 g/mol. The van der Waals surface area contributed by atoms with Crippen molar-refractivity contribution in [2.75, 3.05) is 66.4 Å². The third kappa shape index (κ3) is 15.7. The van der Waals surface area contributed by atoms with Crippen LogP contribution in [0, 0.1) is 0 Å². The molecule has 0 radical (unpaired) electrons. The van der Waals surface area contributed by atoms with Crippen molar-refractivity contribution in [3.8, 4) is 0 Å². The Bertz CT molecular complexity index is 171. The number of aliphatic hydroxyl groups is 1. The fourth-order valence-corrected chi connectivity index (χ4v) is 1.35. The van der Waals surface area contributed by atoms with Gasteiger partial charge in [-0.15, -0.1) is 0 Å². The second-order valence-electron chi connectivity index (χ2n) is 4.09. The van der Waals surface area contributed by atoms with E-state index in [-0.39, 0.29) is 0 Å². The van der Waals surface area contributed by atoms with E-state index in [9.17, 15) is 5.11 Å². The number of hydrogen-bond donors (Lipinski definition) is 2. The van der Waals surface area contributed by atoms with Gasteiger partial charge in [0, 0.05) is 26.9 Å². The maximum atomic E-state index is 9.60. The Morgan fingerprint density at radius 3 is 2.47 bits per heavy atom. The van der Waals surface area contributed by atoms with Crippen LogP contribution in [0.3, 0.4) is 0 Å². The summed E-state index contributed by atoms with van der Waals surface area (Å²) in [6, 6.07) is 0. The lowest BCUT2D eigenvalue weighted by atomic mass is 10.3. The van der Waals surface area contributed by atoms with Crippen molar-refractivity contribution in [3.05, 3.63) is 0 Å². The third-order valence-electron chi connectivity index (χ3n) is 2.34. The van der Waals surface area contributed by atoms with Crippen LogP contribution in [-0.2, 0) is 18.9 Å². The summed E-state index contributed by atoms with van der Waals surface area (Å²) in [5, 5.41) is 12.8. The Labute approximate surface area is 116 Å². The van der Waals surface area contributed by atoms with Crippen LogP contribution in [0.4, 0.5) is 0 Å². The van der Waals surface area contributed by atoms with Crippen LogP contribution < -0.4 is 5.32 Å². The summed E-state index contributed by atoms with van der Waals surface area (Å²) in [6.45, 7) is 7.40. The van der Waals surface area contributed by atoms with E-state index in [4.69, 9.17) is 18.9 Å². The van der Waals surface area contributed by atoms with Crippen molar-refractivity contribution < 1.29 is 24.1 Å². The van der Waals surface area contributed by atoms with Gasteiger partial charge in [-0.1, -0.05) is 0 Å². The van der Waals surface area contributed by atoms with Gasteiger partial charge in [0.2, 0.25) is 0 Å². The van der Waals surface area contributed by atoms with Gasteiger partial charge >= 0.3 is 0 Å². The van der Waals surface area contributed by atoms with E-state index in [2.05, 4.69) is 5.32 Å². The molecule has 0 fully saturated rings. The monoisotopic (exact) mass is 279 g/mol. The first-order valence-corrected chi connectivity index (χ1v) is 6.92. The lowest BCUT2D eigenvalue weighted by Crippen LogP contribution is -2.31. The van der Waals surface area contributed by atoms with E-state index in [0.717, 1.165) is 13.0 Å². The van der Waals surface area contributed by atoms with Crippen LogP contribution >= 0.6 is 0 Å². The molecule has 0 aliphatic carbocycles. The highest BCUT2D eigenvalue weighted by molar-refractivity contribution is 4.58. The molecule has 0 bridgehead atoms. The fraction of sp³-hybridized carbons (Fsp3) is 1.00. The van der Waals surface area contributed by atoms with Gasteiger partial charge in [0.05, 0.1) is 39.1 Å². The van der Waals surface area contributed by atoms with Gasteiger partial charge in [0.15, 0.2) is 0 Å². The molecule has 0 aliphatic heterocycles. The molecule has 0 saturated carbocycles. The Balaban J connectivity index is 3.09. The minimum Gasteiger partial charge on any atom is -0.389 e. The van der Waals surface area contributed by atoms with Crippen LogP contribution in [-0.4, -0.2) is 77.7 Å². The smallest absolute Gasteiger partial charge is 0.0897 e. The molecule has 6 heteroatoms. The second-order valence-corrected chi connectivity index (χ2v) is 4.09. The summed E-state index contributed by atoms with van der Waals surface area (Å²) in [6.07, 6.45) is 0.442. The van der Waals surface area contributed by atoms with Crippen LogP contribution in [0.5, 0.6) is 0 Å². The minimum absolute atomic E-state index is 0.338. The Morgan fingerprint density at radius 2 is 1.74 bits per heavy atom. The molecule has 0 aromatic heterocycles. The predicted molar refractivity (Wildman–Crippen MR) is 73.5 cm³/mol. The van der Waals surface area contributed by atoms with Crippen LogP contribution in [0.2, 0.25) is 0 Å².